The van der Waals surface area contributed by atoms with Crippen LogP contribution in [0.2, 0.25) is 0 Å². The number of benzene rings is 1. The highest BCUT2D eigenvalue weighted by atomic mass is 16.2. The third kappa shape index (κ3) is 4.10. The maximum Gasteiger partial charge on any atom is 0.332 e. The number of carbonyl (C=O) groups is 1. The van der Waals surface area contributed by atoms with E-state index in [1.54, 1.807) is 4.57 Å². The lowest BCUT2D eigenvalue weighted by Crippen LogP contribution is -2.40. The number of nitrogens with one attached hydrogen (secondary N) is 2. The van der Waals surface area contributed by atoms with Gasteiger partial charge < -0.3 is 10.3 Å². The molecule has 180 valence electrons. The third-order valence-corrected chi connectivity index (χ3v) is 7.66. The van der Waals surface area contributed by atoms with Gasteiger partial charge in [-0.2, -0.15) is 0 Å². The number of aromatic amines is 1. The van der Waals surface area contributed by atoms with Crippen molar-refractivity contribution in [3.8, 4) is 0 Å². The van der Waals surface area contributed by atoms with Crippen LogP contribution in [0.5, 0.6) is 0 Å². The molecule has 0 bridgehead atoms. The van der Waals surface area contributed by atoms with E-state index in [9.17, 15) is 14.4 Å². The summed E-state index contributed by atoms with van der Waals surface area (Å²) in [5.74, 6) is 2.53. The fourth-order valence-corrected chi connectivity index (χ4v) is 6.08. The minimum Gasteiger partial charge on any atom is -0.336 e. The Balaban J connectivity index is 1.49. The first-order valence-corrected chi connectivity index (χ1v) is 12.6. The van der Waals surface area contributed by atoms with Crippen LogP contribution in [-0.2, 0) is 24.3 Å². The number of imidazole rings is 1. The van der Waals surface area contributed by atoms with Crippen molar-refractivity contribution in [2.24, 2.45) is 11.8 Å². The Hall–Kier alpha value is -3.16. The average molecular weight is 464 g/mol. The van der Waals surface area contributed by atoms with Gasteiger partial charge in [-0.3, -0.25) is 18.7 Å². The number of fused-ring (bicyclic) bond motifs is 2. The van der Waals surface area contributed by atoms with Crippen LogP contribution < -0.4 is 16.6 Å². The van der Waals surface area contributed by atoms with Crippen molar-refractivity contribution in [2.45, 2.75) is 77.8 Å². The number of aromatic nitrogens is 4. The van der Waals surface area contributed by atoms with Gasteiger partial charge >= 0.3 is 5.69 Å². The van der Waals surface area contributed by atoms with E-state index in [1.165, 1.54) is 37.2 Å². The highest BCUT2D eigenvalue weighted by Gasteiger charge is 2.41. The molecule has 0 saturated heterocycles. The highest BCUT2D eigenvalue weighted by molar-refractivity contribution is 5.88. The number of hydrogen-bond acceptors (Lipinski definition) is 4. The molecule has 2 heterocycles. The molecule has 2 aliphatic carbocycles. The van der Waals surface area contributed by atoms with Crippen molar-refractivity contribution < 1.29 is 4.79 Å². The summed E-state index contributed by atoms with van der Waals surface area (Å²) in [5, 5.41) is 2.77. The van der Waals surface area contributed by atoms with Crippen molar-refractivity contribution in [2.75, 3.05) is 5.32 Å². The summed E-state index contributed by atoms with van der Waals surface area (Å²) in [7, 11) is 0. The predicted octanol–water partition coefficient (Wildman–Crippen LogP) is 3.79. The van der Waals surface area contributed by atoms with Crippen LogP contribution in [0.4, 0.5) is 5.69 Å². The van der Waals surface area contributed by atoms with Gasteiger partial charge in [0.25, 0.3) is 5.56 Å². The molecule has 8 nitrogen and oxygen atoms in total. The summed E-state index contributed by atoms with van der Waals surface area (Å²) < 4.78 is 3.01. The van der Waals surface area contributed by atoms with Crippen LogP contribution in [0.3, 0.4) is 0 Å². The molecule has 2 saturated carbocycles. The van der Waals surface area contributed by atoms with Crippen LogP contribution in [0, 0.1) is 11.8 Å². The number of rotatable bonds is 7. The first-order valence-electron chi connectivity index (χ1n) is 12.6. The lowest BCUT2D eigenvalue weighted by Gasteiger charge is -2.15. The zero-order chi connectivity index (χ0) is 23.8. The summed E-state index contributed by atoms with van der Waals surface area (Å²) in [4.78, 5) is 46.0. The van der Waals surface area contributed by atoms with Crippen molar-refractivity contribution >= 4 is 22.8 Å². The van der Waals surface area contributed by atoms with Gasteiger partial charge in [0.15, 0.2) is 5.65 Å². The first-order chi connectivity index (χ1) is 16.5. The minimum absolute atomic E-state index is 0.111. The number of anilines is 1. The second kappa shape index (κ2) is 9.24. The van der Waals surface area contributed by atoms with E-state index in [1.807, 2.05) is 31.2 Å². The van der Waals surface area contributed by atoms with Crippen molar-refractivity contribution in [3.63, 3.8) is 0 Å². The van der Waals surface area contributed by atoms with Crippen molar-refractivity contribution in [1.29, 1.82) is 0 Å². The van der Waals surface area contributed by atoms with Gasteiger partial charge in [-0.05, 0) is 61.6 Å². The lowest BCUT2D eigenvalue weighted by atomic mass is 9.91. The van der Waals surface area contributed by atoms with Crippen LogP contribution in [0.1, 0.15) is 69.7 Å². The smallest absolute Gasteiger partial charge is 0.332 e. The highest BCUT2D eigenvalue weighted by Crippen LogP contribution is 2.51. The standard InChI is InChI=1S/C26H33N5O3/c1-3-14-31-25(33)22-24(29-23(28-22)21-12-9-18-5-4-6-20(18)21)30(26(31)34)15-13-17-7-10-19(11-8-17)27-16(2)32/h7-8,10-11,18,20-21H,3-6,9,12-15H2,1-2H3,(H,27,32)(H,28,29)/t18-,20-,21-/m1/s1. The molecule has 2 aromatic heterocycles. The topological polar surface area (TPSA) is 102 Å². The van der Waals surface area contributed by atoms with E-state index in [0.29, 0.717) is 48.9 Å². The molecule has 34 heavy (non-hydrogen) atoms. The quantitative estimate of drug-likeness (QED) is 0.556. The molecule has 8 heteroatoms. The Morgan fingerprint density at radius 3 is 2.62 bits per heavy atom. The van der Waals surface area contributed by atoms with Gasteiger partial charge in [0.1, 0.15) is 11.3 Å². The van der Waals surface area contributed by atoms with Gasteiger partial charge in [0.05, 0.1) is 0 Å². The fraction of sp³-hybridized carbons (Fsp3) is 0.538. The molecule has 3 aromatic rings. The normalized spacial score (nSPS) is 21.8. The predicted molar refractivity (Wildman–Crippen MR) is 132 cm³/mol. The van der Waals surface area contributed by atoms with Crippen LogP contribution in [0.15, 0.2) is 33.9 Å². The van der Waals surface area contributed by atoms with E-state index in [4.69, 9.17) is 4.98 Å². The average Bonchev–Trinajstić information content (AvgIpc) is 3.53. The lowest BCUT2D eigenvalue weighted by molar-refractivity contribution is -0.114. The molecule has 0 radical (unpaired) electrons. The number of H-pyrrole nitrogens is 1. The number of hydrogen-bond donors (Lipinski definition) is 2. The Kier molecular flexibility index (Phi) is 6.15. The first kappa shape index (κ1) is 22.6. The summed E-state index contributed by atoms with van der Waals surface area (Å²) >= 11 is 0. The van der Waals surface area contributed by atoms with E-state index in [2.05, 4.69) is 10.3 Å². The van der Waals surface area contributed by atoms with Gasteiger partial charge in [0.2, 0.25) is 5.91 Å². The summed E-state index contributed by atoms with van der Waals surface area (Å²) in [5.41, 5.74) is 2.16. The van der Waals surface area contributed by atoms with E-state index < -0.39 is 0 Å². The number of amides is 1. The molecule has 3 atom stereocenters. The number of carbonyl (C=O) groups excluding carboxylic acids is 1. The van der Waals surface area contributed by atoms with E-state index >= 15 is 0 Å². The second-order valence-corrected chi connectivity index (χ2v) is 9.88. The summed E-state index contributed by atoms with van der Waals surface area (Å²) in [6.45, 7) is 4.27. The summed E-state index contributed by atoms with van der Waals surface area (Å²) in [6, 6.07) is 7.62. The Morgan fingerprint density at radius 2 is 1.88 bits per heavy atom. The van der Waals surface area contributed by atoms with Gasteiger partial charge in [-0.25, -0.2) is 9.78 Å². The summed E-state index contributed by atoms with van der Waals surface area (Å²) in [6.07, 6.45) is 7.47. The SMILES string of the molecule is CCCn1c(=O)c2[nH]c([C@@H]3CC[C@H]4CCC[C@H]43)nc2n(CCc2ccc(NC(C)=O)cc2)c1=O. The van der Waals surface area contributed by atoms with E-state index in [0.717, 1.165) is 29.4 Å². The van der Waals surface area contributed by atoms with Gasteiger partial charge in [-0.1, -0.05) is 31.9 Å². The number of nitrogens with zero attached hydrogens (tertiary/aromatic N) is 3. The van der Waals surface area contributed by atoms with Crippen LogP contribution in [-0.4, -0.2) is 25.0 Å². The molecule has 0 unspecified atom stereocenters. The Bertz CT molecular complexity index is 1320. The third-order valence-electron chi connectivity index (χ3n) is 7.66. The maximum atomic E-state index is 13.3. The molecule has 1 amide bonds. The maximum absolute atomic E-state index is 13.3. The molecule has 2 N–H and O–H groups in total. The van der Waals surface area contributed by atoms with Crippen LogP contribution >= 0.6 is 0 Å². The largest absolute Gasteiger partial charge is 0.336 e. The van der Waals surface area contributed by atoms with Crippen molar-refractivity contribution in [1.82, 2.24) is 19.1 Å². The Morgan fingerprint density at radius 1 is 1.09 bits per heavy atom. The van der Waals surface area contributed by atoms with E-state index in [-0.39, 0.29) is 17.2 Å². The zero-order valence-electron chi connectivity index (χ0n) is 20.0. The molecule has 0 spiro atoms. The fourth-order valence-electron chi connectivity index (χ4n) is 6.08. The monoisotopic (exact) mass is 463 g/mol. The zero-order valence-corrected chi connectivity index (χ0v) is 20.0. The molecule has 2 fully saturated rings. The molecule has 2 aliphatic rings. The van der Waals surface area contributed by atoms with Gasteiger partial charge in [-0.15, -0.1) is 0 Å². The number of aryl methyl sites for hydroxylation is 2. The van der Waals surface area contributed by atoms with Crippen LogP contribution in [0.25, 0.3) is 11.2 Å². The molecular weight excluding hydrogens is 430 g/mol. The second-order valence-electron chi connectivity index (χ2n) is 9.88. The van der Waals surface area contributed by atoms with Crippen molar-refractivity contribution in [3.05, 3.63) is 56.5 Å². The Labute approximate surface area is 198 Å². The molecule has 1 aromatic carbocycles. The minimum atomic E-state index is -0.294. The molecule has 0 aliphatic heterocycles. The molecule has 5 rings (SSSR count). The molecular formula is C26H33N5O3. The van der Waals surface area contributed by atoms with Gasteiger partial charge in [0, 0.05) is 31.6 Å².